The molecule has 2 aromatic carbocycles. The monoisotopic (exact) mass is 350 g/mol. The molecule has 0 atom stereocenters. The van der Waals surface area contributed by atoms with E-state index in [2.05, 4.69) is 26.6 Å². The highest BCUT2D eigenvalue weighted by Gasteiger charge is 2.02. The minimum atomic E-state index is -0.275. The van der Waals surface area contributed by atoms with Crippen LogP contribution in [0.5, 0.6) is 0 Å². The Balaban J connectivity index is 1.69. The van der Waals surface area contributed by atoms with Gasteiger partial charge in [0.05, 0.1) is 0 Å². The fourth-order valence-electron chi connectivity index (χ4n) is 1.81. The van der Waals surface area contributed by atoms with Gasteiger partial charge >= 0.3 is 0 Å². The Bertz CT molecular complexity index is 601. The minimum Gasteiger partial charge on any atom is -0.384 e. The van der Waals surface area contributed by atoms with Gasteiger partial charge in [0, 0.05) is 29.7 Å². The average molecular weight is 351 g/mol. The van der Waals surface area contributed by atoms with Crippen molar-refractivity contribution in [3.63, 3.8) is 0 Å². The van der Waals surface area contributed by atoms with Crippen LogP contribution >= 0.6 is 15.9 Å². The third-order valence-corrected chi connectivity index (χ3v) is 3.40. The molecule has 21 heavy (non-hydrogen) atoms. The molecule has 0 bridgehead atoms. The lowest BCUT2D eigenvalue weighted by Gasteiger charge is -2.08. The van der Waals surface area contributed by atoms with Crippen LogP contribution in [0.3, 0.4) is 0 Å². The van der Waals surface area contributed by atoms with E-state index in [9.17, 15) is 9.18 Å². The summed E-state index contributed by atoms with van der Waals surface area (Å²) < 4.78 is 13.7. The maximum absolute atomic E-state index is 12.7. The van der Waals surface area contributed by atoms with Gasteiger partial charge < -0.3 is 10.6 Å². The molecule has 2 N–H and O–H groups in total. The first-order valence-electron chi connectivity index (χ1n) is 6.64. The van der Waals surface area contributed by atoms with Crippen molar-refractivity contribution < 1.29 is 9.18 Å². The second-order valence-corrected chi connectivity index (χ2v) is 5.51. The highest BCUT2D eigenvalue weighted by atomic mass is 79.9. The zero-order valence-electron chi connectivity index (χ0n) is 11.4. The van der Waals surface area contributed by atoms with Crippen LogP contribution in [0, 0.1) is 5.82 Å². The lowest BCUT2D eigenvalue weighted by atomic mass is 10.2. The van der Waals surface area contributed by atoms with Crippen molar-refractivity contribution in [3.05, 3.63) is 64.4 Å². The van der Waals surface area contributed by atoms with Crippen molar-refractivity contribution in [2.24, 2.45) is 0 Å². The predicted molar refractivity (Wildman–Crippen MR) is 85.5 cm³/mol. The summed E-state index contributed by atoms with van der Waals surface area (Å²) in [6.07, 6.45) is 0.383. The third kappa shape index (κ3) is 5.55. The fourth-order valence-corrected chi connectivity index (χ4v) is 2.21. The van der Waals surface area contributed by atoms with E-state index < -0.39 is 0 Å². The molecule has 0 aromatic heterocycles. The van der Waals surface area contributed by atoms with E-state index in [1.165, 1.54) is 12.1 Å². The number of halogens is 2. The van der Waals surface area contributed by atoms with Crippen LogP contribution in [0.25, 0.3) is 0 Å². The van der Waals surface area contributed by atoms with E-state index >= 15 is 0 Å². The van der Waals surface area contributed by atoms with E-state index in [4.69, 9.17) is 0 Å². The van der Waals surface area contributed by atoms with Gasteiger partial charge in [0.15, 0.2) is 0 Å². The van der Waals surface area contributed by atoms with Crippen molar-refractivity contribution in [2.75, 3.05) is 11.9 Å². The first kappa shape index (κ1) is 15.5. The smallest absolute Gasteiger partial charge is 0.222 e. The van der Waals surface area contributed by atoms with Crippen LogP contribution < -0.4 is 10.6 Å². The highest BCUT2D eigenvalue weighted by molar-refractivity contribution is 9.10. The van der Waals surface area contributed by atoms with Crippen LogP contribution in [0.4, 0.5) is 10.1 Å². The molecule has 0 saturated heterocycles. The van der Waals surface area contributed by atoms with Crippen LogP contribution in [0.1, 0.15) is 12.0 Å². The maximum atomic E-state index is 12.7. The predicted octanol–water partition coefficient (Wildman–Crippen LogP) is 3.71. The van der Waals surface area contributed by atoms with E-state index in [0.29, 0.717) is 19.5 Å². The summed E-state index contributed by atoms with van der Waals surface area (Å²) in [6, 6.07) is 13.9. The zero-order valence-corrected chi connectivity index (χ0v) is 13.0. The van der Waals surface area contributed by atoms with Crippen molar-refractivity contribution in [1.82, 2.24) is 5.32 Å². The number of carbonyl (C=O) groups excluding carboxylic acids is 1. The third-order valence-electron chi connectivity index (χ3n) is 2.91. The van der Waals surface area contributed by atoms with Gasteiger partial charge in [0.2, 0.25) is 5.91 Å². The largest absolute Gasteiger partial charge is 0.384 e. The average Bonchev–Trinajstić information content (AvgIpc) is 2.47. The van der Waals surface area contributed by atoms with Crippen molar-refractivity contribution in [1.29, 1.82) is 0 Å². The van der Waals surface area contributed by atoms with E-state index in [1.54, 1.807) is 12.1 Å². The second kappa shape index (κ2) is 7.78. The van der Waals surface area contributed by atoms with Crippen molar-refractivity contribution in [2.45, 2.75) is 13.0 Å². The Kier molecular flexibility index (Phi) is 5.75. The molecule has 0 saturated carbocycles. The summed E-state index contributed by atoms with van der Waals surface area (Å²) in [5.74, 6) is -0.315. The van der Waals surface area contributed by atoms with Crippen LogP contribution in [-0.2, 0) is 11.3 Å². The molecule has 0 heterocycles. The van der Waals surface area contributed by atoms with Gasteiger partial charge in [-0.15, -0.1) is 0 Å². The molecule has 0 spiro atoms. The molecule has 2 rings (SSSR count). The molecule has 0 aliphatic carbocycles. The molecule has 0 aliphatic heterocycles. The highest BCUT2D eigenvalue weighted by Crippen LogP contribution is 2.15. The summed E-state index contributed by atoms with van der Waals surface area (Å²) in [5.41, 5.74) is 1.85. The Morgan fingerprint density at radius 1 is 1.14 bits per heavy atom. The van der Waals surface area contributed by atoms with Crippen LogP contribution in [0.2, 0.25) is 0 Å². The van der Waals surface area contributed by atoms with Crippen molar-refractivity contribution in [3.8, 4) is 0 Å². The molecule has 0 fully saturated rings. The molecule has 5 heteroatoms. The number of anilines is 1. The Morgan fingerprint density at radius 2 is 1.90 bits per heavy atom. The molecule has 3 nitrogen and oxygen atoms in total. The quantitative estimate of drug-likeness (QED) is 0.833. The first-order chi connectivity index (χ1) is 10.1. The number of carbonyl (C=O) groups is 1. The minimum absolute atomic E-state index is 0.0400. The van der Waals surface area contributed by atoms with Gasteiger partial charge in [-0.25, -0.2) is 4.39 Å². The summed E-state index contributed by atoms with van der Waals surface area (Å²) in [6.45, 7) is 0.974. The summed E-state index contributed by atoms with van der Waals surface area (Å²) in [7, 11) is 0. The van der Waals surface area contributed by atoms with E-state index in [-0.39, 0.29) is 11.7 Å². The molecule has 2 aromatic rings. The molecule has 0 aliphatic rings. The second-order valence-electron chi connectivity index (χ2n) is 4.59. The Morgan fingerprint density at radius 3 is 2.62 bits per heavy atom. The number of hydrogen-bond donors (Lipinski definition) is 2. The number of benzene rings is 2. The summed E-state index contributed by atoms with van der Waals surface area (Å²) >= 11 is 3.39. The normalized spacial score (nSPS) is 10.2. The summed E-state index contributed by atoms with van der Waals surface area (Å²) in [4.78, 5) is 11.7. The van der Waals surface area contributed by atoms with Crippen LogP contribution in [0.15, 0.2) is 53.0 Å². The number of nitrogens with one attached hydrogen (secondary N) is 2. The molecule has 0 unspecified atom stereocenters. The van der Waals surface area contributed by atoms with E-state index in [0.717, 1.165) is 15.7 Å². The number of rotatable bonds is 6. The number of amides is 1. The van der Waals surface area contributed by atoms with Gasteiger partial charge in [-0.2, -0.15) is 0 Å². The zero-order chi connectivity index (χ0) is 15.1. The standard InChI is InChI=1S/C16H16BrFN2O/c17-13-2-1-3-15(10-13)19-9-8-16(21)20-11-12-4-6-14(18)7-5-12/h1-7,10,19H,8-9,11H2,(H,20,21). The Labute approximate surface area is 131 Å². The molecule has 1 amide bonds. The molecular weight excluding hydrogens is 335 g/mol. The fraction of sp³-hybridized carbons (Fsp3) is 0.188. The molecular formula is C16H16BrFN2O. The van der Waals surface area contributed by atoms with Gasteiger partial charge in [0.1, 0.15) is 5.82 Å². The number of hydrogen-bond acceptors (Lipinski definition) is 2. The van der Waals surface area contributed by atoms with Gasteiger partial charge in [-0.3, -0.25) is 4.79 Å². The van der Waals surface area contributed by atoms with Crippen LogP contribution in [-0.4, -0.2) is 12.5 Å². The maximum Gasteiger partial charge on any atom is 0.222 e. The molecule has 110 valence electrons. The SMILES string of the molecule is O=C(CCNc1cccc(Br)c1)NCc1ccc(F)cc1. The topological polar surface area (TPSA) is 41.1 Å². The summed E-state index contributed by atoms with van der Waals surface area (Å²) in [5, 5.41) is 5.99. The lowest BCUT2D eigenvalue weighted by Crippen LogP contribution is -2.24. The first-order valence-corrected chi connectivity index (χ1v) is 7.43. The van der Waals surface area contributed by atoms with Crippen molar-refractivity contribution >= 4 is 27.5 Å². The Hall–Kier alpha value is -1.88. The van der Waals surface area contributed by atoms with Gasteiger partial charge in [-0.05, 0) is 35.9 Å². The van der Waals surface area contributed by atoms with E-state index in [1.807, 2.05) is 24.3 Å². The van der Waals surface area contributed by atoms with Gasteiger partial charge in [-0.1, -0.05) is 34.1 Å². The van der Waals surface area contributed by atoms with Gasteiger partial charge in [0.25, 0.3) is 0 Å². The molecule has 0 radical (unpaired) electrons. The lowest BCUT2D eigenvalue weighted by molar-refractivity contribution is -0.121.